The molecule has 4 aromatic rings. The van der Waals surface area contributed by atoms with Crippen molar-refractivity contribution < 1.29 is 58.9 Å². The van der Waals surface area contributed by atoms with Gasteiger partial charge >= 0.3 is 29.6 Å². The Morgan fingerprint density at radius 2 is 1.55 bits per heavy atom. The van der Waals surface area contributed by atoms with Crippen LogP contribution in [0.4, 0.5) is 4.39 Å². The van der Waals surface area contributed by atoms with Crippen LogP contribution in [0.25, 0.3) is 32.7 Å². The first-order chi connectivity index (χ1) is 22.1. The molecule has 1 amide bonds. The number of carboxylic acid groups (broad SMARTS) is 1. The van der Waals surface area contributed by atoms with Gasteiger partial charge in [-0.3, -0.25) is 4.79 Å². The number of hydrogen-bond donors (Lipinski definition) is 3. The molecule has 3 N–H and O–H groups in total. The zero-order chi connectivity index (χ0) is 33.2. The molecule has 1 heterocycles. The van der Waals surface area contributed by atoms with Crippen LogP contribution in [0.1, 0.15) is 66.5 Å². The molecule has 0 aliphatic heterocycles. The summed E-state index contributed by atoms with van der Waals surface area (Å²) < 4.78 is 16.0. The summed E-state index contributed by atoms with van der Waals surface area (Å²) in [5.74, 6) is -2.14. The van der Waals surface area contributed by atoms with Crippen LogP contribution in [-0.2, 0) is 24.3 Å². The van der Waals surface area contributed by atoms with Gasteiger partial charge in [-0.1, -0.05) is 71.8 Å². The van der Waals surface area contributed by atoms with Crippen molar-refractivity contribution in [3.05, 3.63) is 118 Å². The first-order valence-electron chi connectivity index (χ1n) is 15.1. The van der Waals surface area contributed by atoms with Crippen molar-refractivity contribution in [2.75, 3.05) is 0 Å². The van der Waals surface area contributed by atoms with E-state index in [0.29, 0.717) is 16.8 Å². The number of nitrogens with one attached hydrogen (secondary N) is 1. The fourth-order valence-corrected chi connectivity index (χ4v) is 5.64. The van der Waals surface area contributed by atoms with Gasteiger partial charge < -0.3 is 30.0 Å². The Morgan fingerprint density at radius 3 is 2.15 bits per heavy atom. The first kappa shape index (κ1) is 37.5. The van der Waals surface area contributed by atoms with Gasteiger partial charge in [-0.2, -0.15) is 0 Å². The molecule has 0 spiro atoms. The second-order valence-electron chi connectivity index (χ2n) is 11.4. The molecule has 240 valence electrons. The minimum absolute atomic E-state index is 0. The van der Waals surface area contributed by atoms with E-state index >= 15 is 0 Å². The number of azide groups is 1. The predicted octanol–water partition coefficient (Wildman–Crippen LogP) is 2.47. The van der Waals surface area contributed by atoms with Crippen LogP contribution >= 0.6 is 0 Å². The number of aliphatic hydroxyl groups excluding tert-OH is 2. The van der Waals surface area contributed by atoms with Crippen LogP contribution < -0.4 is 40.0 Å². The number of hydrogen-bond acceptors (Lipinski definition) is 6. The number of carbonyl (C=O) groups excluding carboxylic acids is 2. The summed E-state index contributed by atoms with van der Waals surface area (Å²) in [5, 5.41) is 38.4. The second kappa shape index (κ2) is 17.8. The molecule has 0 bridgehead atoms. The molecule has 0 unspecified atom stereocenters. The average Bonchev–Trinajstić information content (AvgIpc) is 3.38. The fourth-order valence-electron chi connectivity index (χ4n) is 5.64. The number of carbonyl (C=O) groups is 2. The average molecular weight is 650 g/mol. The summed E-state index contributed by atoms with van der Waals surface area (Å²) in [5.41, 5.74) is 14.2. The summed E-state index contributed by atoms with van der Waals surface area (Å²) in [6.45, 7) is 4.36. The van der Waals surface area contributed by atoms with Gasteiger partial charge in [0.25, 0.3) is 5.91 Å². The molecule has 12 heteroatoms. The van der Waals surface area contributed by atoms with E-state index in [0.717, 1.165) is 27.9 Å². The van der Waals surface area contributed by atoms with Gasteiger partial charge in [-0.05, 0) is 73.0 Å². The van der Waals surface area contributed by atoms with E-state index in [4.69, 9.17) is 5.53 Å². The van der Waals surface area contributed by atoms with Gasteiger partial charge in [0.1, 0.15) is 11.5 Å². The van der Waals surface area contributed by atoms with Crippen LogP contribution in [0.15, 0.2) is 84.0 Å². The minimum Gasteiger partial charge on any atom is -0.550 e. The normalized spacial score (nSPS) is 12.1. The quantitative estimate of drug-likeness (QED) is 0.0779. The molecule has 4 rings (SSSR count). The summed E-state index contributed by atoms with van der Waals surface area (Å²) in [6.07, 6.45) is -2.56. The summed E-state index contributed by atoms with van der Waals surface area (Å²) in [6, 6.07) is 22.6. The van der Waals surface area contributed by atoms with Gasteiger partial charge in [0.15, 0.2) is 0 Å². The summed E-state index contributed by atoms with van der Waals surface area (Å²) in [7, 11) is 0. The minimum atomic E-state index is -1.40. The number of aliphatic carboxylic acids is 1. The number of aliphatic hydroxyl groups is 2. The monoisotopic (exact) mass is 649 g/mol. The predicted molar refractivity (Wildman–Crippen MR) is 171 cm³/mol. The van der Waals surface area contributed by atoms with E-state index in [2.05, 4.69) is 15.3 Å². The van der Waals surface area contributed by atoms with E-state index in [-0.39, 0.29) is 73.9 Å². The molecule has 0 fully saturated rings. The van der Waals surface area contributed by atoms with Crippen molar-refractivity contribution in [1.29, 1.82) is 0 Å². The SMILES string of the molecule is CC(C)n1c(CC[C@@H](O)C[C@@H](O)CC(=O)[O-])c(-c2ccc(F)cc2)c(-c2ccccc2)c1C(=O)NCc1ccc(CN=[N+]=[N-])cc1.[Na+]. The molecule has 0 aliphatic rings. The molecule has 2 atom stereocenters. The number of carboxylic acids is 1. The smallest absolute Gasteiger partial charge is 0.550 e. The zero-order valence-corrected chi connectivity index (χ0v) is 28.8. The van der Waals surface area contributed by atoms with Crippen molar-refractivity contribution in [1.82, 2.24) is 9.88 Å². The Kier molecular flexibility index (Phi) is 14.2. The van der Waals surface area contributed by atoms with Crippen molar-refractivity contribution >= 4 is 11.9 Å². The van der Waals surface area contributed by atoms with Crippen molar-refractivity contribution in [2.24, 2.45) is 5.11 Å². The maximum absolute atomic E-state index is 14.2. The van der Waals surface area contributed by atoms with Crippen molar-refractivity contribution in [3.63, 3.8) is 0 Å². The van der Waals surface area contributed by atoms with E-state index in [1.807, 2.05) is 73.0 Å². The molecule has 1 aromatic heterocycles. The maximum atomic E-state index is 14.2. The third kappa shape index (κ3) is 10.0. The van der Waals surface area contributed by atoms with E-state index in [9.17, 15) is 29.3 Å². The van der Waals surface area contributed by atoms with Crippen molar-refractivity contribution in [3.8, 4) is 22.3 Å². The number of aromatic nitrogens is 1. The number of nitrogens with zero attached hydrogens (tertiary/aromatic N) is 4. The van der Waals surface area contributed by atoms with Crippen LogP contribution in [0.3, 0.4) is 0 Å². The molecule has 3 aromatic carbocycles. The molecule has 0 aliphatic carbocycles. The number of amides is 1. The first-order valence-corrected chi connectivity index (χ1v) is 15.1. The van der Waals surface area contributed by atoms with Crippen LogP contribution in [0.5, 0.6) is 0 Å². The topological polar surface area (TPSA) is 163 Å². The van der Waals surface area contributed by atoms with Crippen LogP contribution in [0, 0.1) is 5.82 Å². The molecule has 0 radical (unpaired) electrons. The van der Waals surface area contributed by atoms with Gasteiger partial charge in [-0.25, -0.2) is 4.39 Å². The van der Waals surface area contributed by atoms with Gasteiger partial charge in [-0.15, -0.1) is 0 Å². The third-order valence-electron chi connectivity index (χ3n) is 7.69. The largest absolute Gasteiger partial charge is 1.00 e. The van der Waals surface area contributed by atoms with Gasteiger partial charge in [0.2, 0.25) is 0 Å². The summed E-state index contributed by atoms with van der Waals surface area (Å²) in [4.78, 5) is 27.9. The molecule has 0 saturated heterocycles. The Balaban J connectivity index is 0.00000600. The van der Waals surface area contributed by atoms with E-state index < -0.39 is 30.4 Å². The Bertz CT molecular complexity index is 1690. The van der Waals surface area contributed by atoms with Crippen LogP contribution in [0.2, 0.25) is 0 Å². The standard InChI is InChI=1S/C35H38FN5O5.Na/c1-22(2)41-30(17-16-28(42)18-29(43)19-31(44)45)32(26-12-14-27(36)15-13-26)33(25-6-4-3-5-7-25)34(41)35(46)38-20-23-8-10-24(11-9-23)21-39-40-37;/h3-15,22,28-29,42-43H,16-21H2,1-2H3,(H,38,46)(H,44,45);/q;+1/p-1/t28-,29-;/m1./s1. The zero-order valence-electron chi connectivity index (χ0n) is 26.8. The Labute approximate surface area is 295 Å². The third-order valence-corrected chi connectivity index (χ3v) is 7.69. The molecular formula is C35H37FN5NaO5. The molecular weight excluding hydrogens is 612 g/mol. The van der Waals surface area contributed by atoms with Gasteiger partial charge in [0.05, 0.1) is 18.8 Å². The Hall–Kier alpha value is -3.96. The molecule has 47 heavy (non-hydrogen) atoms. The number of halogens is 1. The molecule has 10 nitrogen and oxygen atoms in total. The maximum Gasteiger partial charge on any atom is 1.00 e. The second-order valence-corrected chi connectivity index (χ2v) is 11.4. The van der Waals surface area contributed by atoms with Gasteiger partial charge in [0, 0.05) is 46.7 Å². The molecule has 0 saturated carbocycles. The Morgan fingerprint density at radius 1 is 0.936 bits per heavy atom. The van der Waals surface area contributed by atoms with E-state index in [1.165, 1.54) is 12.1 Å². The number of benzene rings is 3. The number of rotatable bonds is 15. The summed E-state index contributed by atoms with van der Waals surface area (Å²) >= 11 is 0. The van der Waals surface area contributed by atoms with Crippen molar-refractivity contribution in [2.45, 2.75) is 70.9 Å². The van der Waals surface area contributed by atoms with E-state index in [1.54, 1.807) is 12.1 Å². The fraction of sp³-hybridized carbons (Fsp3) is 0.314. The van der Waals surface area contributed by atoms with Crippen LogP contribution in [-0.4, -0.2) is 38.9 Å².